The van der Waals surface area contributed by atoms with Crippen molar-refractivity contribution in [1.29, 1.82) is 0 Å². The molecule has 2 atom stereocenters. The Balaban J connectivity index is 1.76. The molecule has 0 saturated heterocycles. The van der Waals surface area contributed by atoms with Crippen molar-refractivity contribution in [3.8, 4) is 17.1 Å². The summed E-state index contributed by atoms with van der Waals surface area (Å²) in [6.45, 7) is 18.9. The Morgan fingerprint density at radius 3 is 2.17 bits per heavy atom. The second-order valence-corrected chi connectivity index (χ2v) is 13.4. The maximum atomic E-state index is 6.93. The average molecular weight is 556 g/mol. The summed E-state index contributed by atoms with van der Waals surface area (Å²) in [5.41, 5.74) is 10.9. The van der Waals surface area contributed by atoms with Crippen LogP contribution in [-0.4, -0.2) is 4.57 Å². The zero-order chi connectivity index (χ0) is 29.6. The zero-order valence-corrected chi connectivity index (χ0v) is 26.4. The summed E-state index contributed by atoms with van der Waals surface area (Å²) in [6.07, 6.45) is 2.09. The van der Waals surface area contributed by atoms with Crippen LogP contribution in [0.2, 0.25) is 0 Å². The normalized spacial score (nSPS) is 20.2. The molecule has 0 amide bonds. The minimum Gasteiger partial charge on any atom is -0.452 e. The molecule has 42 heavy (non-hydrogen) atoms. The molecular formula is C39H43N2O+. The lowest BCUT2D eigenvalue weighted by Crippen LogP contribution is -2.67. The third-order valence-corrected chi connectivity index (χ3v) is 10.8. The Labute approximate surface area is 249 Å². The molecule has 2 aromatic heterocycles. The lowest BCUT2D eigenvalue weighted by atomic mass is 9.61. The van der Waals surface area contributed by atoms with Crippen LogP contribution in [-0.2, 0) is 11.0 Å². The van der Waals surface area contributed by atoms with Crippen LogP contribution in [0.15, 0.2) is 83.3 Å². The van der Waals surface area contributed by atoms with Gasteiger partial charge in [0.25, 0.3) is 5.82 Å². The first-order valence-electron chi connectivity index (χ1n) is 15.8. The molecular weight excluding hydrogens is 512 g/mol. The van der Waals surface area contributed by atoms with Crippen LogP contribution < -0.4 is 4.57 Å². The van der Waals surface area contributed by atoms with Gasteiger partial charge < -0.3 is 4.42 Å². The van der Waals surface area contributed by atoms with Crippen LogP contribution in [0, 0.1) is 0 Å². The first-order chi connectivity index (χ1) is 20.2. The summed E-state index contributed by atoms with van der Waals surface area (Å²) in [7, 11) is 0. The van der Waals surface area contributed by atoms with E-state index in [1.165, 1.54) is 55.6 Å². The number of imidazole rings is 1. The van der Waals surface area contributed by atoms with Crippen LogP contribution >= 0.6 is 0 Å². The molecule has 0 radical (unpaired) electrons. The Morgan fingerprint density at radius 1 is 0.786 bits per heavy atom. The predicted molar refractivity (Wildman–Crippen MR) is 176 cm³/mol. The maximum absolute atomic E-state index is 6.93. The lowest BCUT2D eigenvalue weighted by molar-refractivity contribution is -0.743. The van der Waals surface area contributed by atoms with E-state index in [0.717, 1.165) is 24.0 Å². The second kappa shape index (κ2) is 9.33. The number of hydrogen-bond donors (Lipinski definition) is 0. The topological polar surface area (TPSA) is 21.9 Å². The zero-order valence-electron chi connectivity index (χ0n) is 26.4. The highest BCUT2D eigenvalue weighted by molar-refractivity contribution is 6.10. The van der Waals surface area contributed by atoms with Gasteiger partial charge in [-0.25, -0.2) is 4.57 Å². The highest BCUT2D eigenvalue weighted by Crippen LogP contribution is 2.52. The van der Waals surface area contributed by atoms with Crippen molar-refractivity contribution in [3.63, 3.8) is 0 Å². The van der Waals surface area contributed by atoms with Crippen LogP contribution in [0.1, 0.15) is 96.8 Å². The molecule has 1 aliphatic rings. The molecule has 0 fully saturated rings. The van der Waals surface area contributed by atoms with Gasteiger partial charge in [0.1, 0.15) is 11.1 Å². The minimum atomic E-state index is -0.126. The summed E-state index contributed by atoms with van der Waals surface area (Å²) in [4.78, 5) is 0. The van der Waals surface area contributed by atoms with E-state index in [4.69, 9.17) is 4.42 Å². The molecule has 0 aliphatic carbocycles. The number of benzene rings is 4. The van der Waals surface area contributed by atoms with Gasteiger partial charge in [0, 0.05) is 21.8 Å². The molecule has 3 heteroatoms. The monoisotopic (exact) mass is 555 g/mol. The van der Waals surface area contributed by atoms with Crippen molar-refractivity contribution in [2.45, 2.75) is 91.0 Å². The molecule has 1 aliphatic heterocycles. The molecule has 7 rings (SSSR count). The molecule has 3 heterocycles. The summed E-state index contributed by atoms with van der Waals surface area (Å²) in [5, 5.41) is 2.44. The third-order valence-electron chi connectivity index (χ3n) is 10.8. The van der Waals surface area contributed by atoms with Crippen LogP contribution in [0.25, 0.3) is 50.0 Å². The van der Waals surface area contributed by atoms with Crippen LogP contribution in [0.5, 0.6) is 0 Å². The maximum Gasteiger partial charge on any atom is 0.295 e. The Morgan fingerprint density at radius 2 is 1.45 bits per heavy atom. The second-order valence-electron chi connectivity index (χ2n) is 13.4. The van der Waals surface area contributed by atoms with Crippen molar-refractivity contribution < 1.29 is 8.98 Å². The first-order valence-corrected chi connectivity index (χ1v) is 15.8. The first kappa shape index (κ1) is 27.0. The number of nitrogens with zero attached hydrogens (tertiary/aromatic N) is 2. The van der Waals surface area contributed by atoms with Crippen molar-refractivity contribution >= 4 is 33.0 Å². The molecule has 4 aromatic carbocycles. The van der Waals surface area contributed by atoms with E-state index in [1.807, 2.05) is 0 Å². The lowest BCUT2D eigenvalue weighted by Gasteiger charge is -2.47. The molecule has 6 aromatic rings. The highest BCUT2D eigenvalue weighted by Gasteiger charge is 2.56. The summed E-state index contributed by atoms with van der Waals surface area (Å²) in [5.74, 6) is 1.94. The number of rotatable bonds is 5. The van der Waals surface area contributed by atoms with E-state index >= 15 is 0 Å². The van der Waals surface area contributed by atoms with Crippen molar-refractivity contribution in [2.24, 2.45) is 0 Å². The molecule has 0 saturated carbocycles. The number of fused-ring (bicyclic) bond motifs is 8. The molecule has 0 spiro atoms. The molecule has 0 N–H and O–H groups in total. The van der Waals surface area contributed by atoms with Gasteiger partial charge in [-0.1, -0.05) is 103 Å². The van der Waals surface area contributed by atoms with E-state index in [0.29, 0.717) is 11.8 Å². The van der Waals surface area contributed by atoms with Gasteiger partial charge in [-0.2, -0.15) is 4.57 Å². The van der Waals surface area contributed by atoms with E-state index in [2.05, 4.69) is 143 Å². The highest BCUT2D eigenvalue weighted by atomic mass is 16.3. The van der Waals surface area contributed by atoms with Gasteiger partial charge in [-0.15, -0.1) is 0 Å². The quantitative estimate of drug-likeness (QED) is 0.194. The third kappa shape index (κ3) is 3.31. The molecule has 2 unspecified atom stereocenters. The van der Waals surface area contributed by atoms with Gasteiger partial charge in [0.15, 0.2) is 22.3 Å². The van der Waals surface area contributed by atoms with Crippen LogP contribution in [0.4, 0.5) is 0 Å². The van der Waals surface area contributed by atoms with E-state index in [-0.39, 0.29) is 11.0 Å². The molecule has 214 valence electrons. The largest absolute Gasteiger partial charge is 0.452 e. The smallest absolute Gasteiger partial charge is 0.295 e. The van der Waals surface area contributed by atoms with Gasteiger partial charge in [-0.3, -0.25) is 0 Å². The SMILES string of the molecule is CCC1(C)c2ccccc2-c2n(-c3c(C(C)C)cc(C(C)C)c4c3oc3ccccc34)c3ccccc3[n+]2C1(C)CC. The van der Waals surface area contributed by atoms with E-state index in [1.54, 1.807) is 0 Å². The van der Waals surface area contributed by atoms with Crippen molar-refractivity contribution in [3.05, 3.63) is 95.6 Å². The van der Waals surface area contributed by atoms with Gasteiger partial charge in [0.05, 0.1) is 5.56 Å². The fourth-order valence-corrected chi connectivity index (χ4v) is 8.02. The van der Waals surface area contributed by atoms with Crippen LogP contribution in [0.3, 0.4) is 0 Å². The standard InChI is InChI=1S/C39H43N2O/c1-9-38(7)30-19-13-11-17-26(30)37-40(31-20-14-15-21-32(31)41(37)39(38,8)10-2)35-29(25(5)6)23-28(24(3)4)34-27-18-12-16-22-33(27)42-36(34)35/h11-25H,9-10H2,1-8H3/q+1. The molecule has 3 nitrogen and oxygen atoms in total. The summed E-state index contributed by atoms with van der Waals surface area (Å²) < 4.78 is 12.2. The number of hydrogen-bond acceptors (Lipinski definition) is 1. The summed E-state index contributed by atoms with van der Waals surface area (Å²) >= 11 is 0. The fraction of sp³-hybridized carbons (Fsp3) is 0.359. The van der Waals surface area contributed by atoms with Gasteiger partial charge in [-0.05, 0) is 67.0 Å². The van der Waals surface area contributed by atoms with E-state index in [9.17, 15) is 0 Å². The predicted octanol–water partition coefficient (Wildman–Crippen LogP) is 10.5. The number of para-hydroxylation sites is 3. The van der Waals surface area contributed by atoms with Crippen molar-refractivity contribution in [1.82, 2.24) is 4.57 Å². The minimum absolute atomic E-state index is 0.0258. The number of furan rings is 1. The van der Waals surface area contributed by atoms with Gasteiger partial charge in [0.2, 0.25) is 0 Å². The average Bonchev–Trinajstić information content (AvgIpc) is 3.56. The Bertz CT molecular complexity index is 2000. The Hall–Kier alpha value is -3.85. The Kier molecular flexibility index (Phi) is 6.00. The van der Waals surface area contributed by atoms with Crippen molar-refractivity contribution in [2.75, 3.05) is 0 Å². The van der Waals surface area contributed by atoms with E-state index < -0.39 is 0 Å². The number of aromatic nitrogens is 2. The molecule has 0 bridgehead atoms. The van der Waals surface area contributed by atoms with Gasteiger partial charge >= 0.3 is 0 Å². The fourth-order valence-electron chi connectivity index (χ4n) is 8.02. The summed E-state index contributed by atoms with van der Waals surface area (Å²) in [6, 6.07) is 29.2.